The molecule has 10 heteroatoms. The molecule has 0 bridgehead atoms. The first kappa shape index (κ1) is 28.9. The summed E-state index contributed by atoms with van der Waals surface area (Å²) >= 11 is 0. The minimum absolute atomic E-state index is 0.110. The molecule has 0 aromatic carbocycles. The Balaban J connectivity index is 5.97. The molecule has 29 heavy (non-hydrogen) atoms. The van der Waals surface area contributed by atoms with Gasteiger partial charge in [-0.05, 0) is 72.8 Å². The third-order valence-corrected chi connectivity index (χ3v) is 8.87. The molecule has 0 radical (unpaired) electrons. The van der Waals surface area contributed by atoms with Gasteiger partial charge in [0, 0.05) is 22.2 Å². The van der Waals surface area contributed by atoms with Gasteiger partial charge in [-0.1, -0.05) is 6.58 Å². The highest BCUT2D eigenvalue weighted by Gasteiger charge is 2.54. The summed E-state index contributed by atoms with van der Waals surface area (Å²) in [6, 6.07) is 0. The van der Waals surface area contributed by atoms with Crippen LogP contribution in [0.1, 0.15) is 20.3 Å². The van der Waals surface area contributed by atoms with E-state index in [4.69, 9.17) is 18.0 Å². The summed E-state index contributed by atoms with van der Waals surface area (Å²) in [5, 5.41) is 9.95. The summed E-state index contributed by atoms with van der Waals surface area (Å²) in [6.45, 7) is 26.1. The van der Waals surface area contributed by atoms with Crippen molar-refractivity contribution in [3.8, 4) is 0 Å². The molecule has 172 valence electrons. The molecule has 0 aliphatic rings. The van der Waals surface area contributed by atoms with E-state index in [1.165, 1.54) is 0 Å². The lowest BCUT2D eigenvalue weighted by molar-refractivity contribution is -0.207. The Kier molecular flexibility index (Phi) is 10.00. The molecule has 2 unspecified atom stereocenters. The van der Waals surface area contributed by atoms with Gasteiger partial charge in [0.2, 0.25) is 0 Å². The Morgan fingerprint density at radius 2 is 1.34 bits per heavy atom. The zero-order chi connectivity index (χ0) is 23.5. The number of hydrogen-bond donors (Lipinski definition) is 1. The smallest absolute Gasteiger partial charge is 0.333 e. The second-order valence-electron chi connectivity index (χ2n) is 11.1. The normalized spacial score (nSPS) is 17.0. The van der Waals surface area contributed by atoms with Crippen molar-refractivity contribution in [2.45, 2.75) is 96.3 Å². The molecule has 0 aliphatic heterocycles. The van der Waals surface area contributed by atoms with Crippen LogP contribution in [0, 0.1) is 0 Å². The van der Waals surface area contributed by atoms with Crippen LogP contribution in [0.15, 0.2) is 12.2 Å². The lowest BCUT2D eigenvalue weighted by Crippen LogP contribution is -2.67. The monoisotopic (exact) mass is 480 g/mol. The maximum atomic E-state index is 11.7. The molecular formula is C19H44O6Si4. The maximum absolute atomic E-state index is 11.7. The van der Waals surface area contributed by atoms with Crippen molar-refractivity contribution in [1.82, 2.24) is 0 Å². The van der Waals surface area contributed by atoms with Crippen LogP contribution in [0.4, 0.5) is 0 Å². The minimum Gasteiger partial charge on any atom is -0.460 e. The summed E-state index contributed by atoms with van der Waals surface area (Å²) in [5.74, 6) is -1.48. The first-order chi connectivity index (χ1) is 12.6. The second kappa shape index (κ2) is 10.0. The van der Waals surface area contributed by atoms with Gasteiger partial charge in [-0.15, -0.1) is 0 Å². The predicted molar refractivity (Wildman–Crippen MR) is 131 cm³/mol. The van der Waals surface area contributed by atoms with E-state index >= 15 is 0 Å². The topological polar surface area (TPSA) is 74.2 Å². The molecular weight excluding hydrogens is 437 g/mol. The number of esters is 1. The highest BCUT2D eigenvalue weighted by atomic mass is 28.4. The molecule has 0 saturated heterocycles. The first-order valence-electron chi connectivity index (χ1n) is 10.2. The van der Waals surface area contributed by atoms with Crippen molar-refractivity contribution in [2.24, 2.45) is 0 Å². The van der Waals surface area contributed by atoms with Gasteiger partial charge in [-0.2, -0.15) is 0 Å². The average molecular weight is 481 g/mol. The van der Waals surface area contributed by atoms with Crippen LogP contribution >= 0.6 is 0 Å². The lowest BCUT2D eigenvalue weighted by Gasteiger charge is -2.53. The van der Waals surface area contributed by atoms with Crippen LogP contribution in [0.2, 0.25) is 58.9 Å². The molecule has 0 aromatic heterocycles. The SMILES string of the molecule is C=C(C)C(=O)OCC(O)CC([SiH3])(O[Si](C)(C)C)C(C)(O[Si](C)(C)C)O[Si](C)(C)C. The molecule has 1 N–H and O–H groups in total. The number of aliphatic hydroxyl groups is 1. The molecule has 6 nitrogen and oxygen atoms in total. The molecule has 0 spiro atoms. The maximum Gasteiger partial charge on any atom is 0.333 e. The highest BCUT2D eigenvalue weighted by Crippen LogP contribution is 2.39. The third kappa shape index (κ3) is 11.2. The van der Waals surface area contributed by atoms with Crippen molar-refractivity contribution >= 4 is 41.2 Å². The van der Waals surface area contributed by atoms with E-state index in [9.17, 15) is 9.90 Å². The molecule has 2 atom stereocenters. The molecule has 0 aliphatic carbocycles. The fourth-order valence-corrected chi connectivity index (χ4v) is 10.7. The van der Waals surface area contributed by atoms with E-state index in [0.717, 1.165) is 0 Å². The van der Waals surface area contributed by atoms with Crippen molar-refractivity contribution in [2.75, 3.05) is 6.61 Å². The largest absolute Gasteiger partial charge is 0.460 e. The van der Waals surface area contributed by atoms with Gasteiger partial charge in [0.15, 0.2) is 30.7 Å². The Morgan fingerprint density at radius 3 is 1.66 bits per heavy atom. The molecule has 0 heterocycles. The first-order valence-corrected chi connectivity index (χ1v) is 21.4. The van der Waals surface area contributed by atoms with Gasteiger partial charge < -0.3 is 23.1 Å². The van der Waals surface area contributed by atoms with Crippen LogP contribution in [0.5, 0.6) is 0 Å². The zero-order valence-electron chi connectivity index (χ0n) is 20.7. The van der Waals surface area contributed by atoms with Gasteiger partial charge in [0.25, 0.3) is 0 Å². The second-order valence-corrected chi connectivity index (χ2v) is 26.0. The molecule has 0 amide bonds. The van der Waals surface area contributed by atoms with E-state index in [-0.39, 0.29) is 13.0 Å². The van der Waals surface area contributed by atoms with Gasteiger partial charge in [-0.25, -0.2) is 4.79 Å². The molecule has 0 fully saturated rings. The molecule has 0 rings (SSSR count). The summed E-state index contributed by atoms with van der Waals surface area (Å²) in [4.78, 5) is 11.7. The Morgan fingerprint density at radius 1 is 0.966 bits per heavy atom. The average Bonchev–Trinajstić information content (AvgIpc) is 2.37. The number of carbonyl (C=O) groups excluding carboxylic acids is 1. The molecule has 0 saturated carbocycles. The fourth-order valence-electron chi connectivity index (χ4n) is 3.20. The van der Waals surface area contributed by atoms with E-state index in [2.05, 4.69) is 65.5 Å². The summed E-state index contributed by atoms with van der Waals surface area (Å²) in [5.41, 5.74) is 0.307. The fraction of sp³-hybridized carbons (Fsp3) is 0.842. The number of ether oxygens (including phenoxy) is 1. The van der Waals surface area contributed by atoms with E-state index in [0.29, 0.717) is 15.8 Å². The number of carbonyl (C=O) groups is 1. The van der Waals surface area contributed by atoms with Crippen molar-refractivity contribution in [1.29, 1.82) is 0 Å². The van der Waals surface area contributed by atoms with Crippen molar-refractivity contribution in [3.63, 3.8) is 0 Å². The Labute approximate surface area is 184 Å². The third-order valence-electron chi connectivity index (χ3n) is 3.87. The van der Waals surface area contributed by atoms with E-state index in [1.807, 2.05) is 6.92 Å². The summed E-state index contributed by atoms with van der Waals surface area (Å²) < 4.78 is 25.1. The van der Waals surface area contributed by atoms with Crippen LogP contribution in [0.25, 0.3) is 0 Å². The van der Waals surface area contributed by atoms with E-state index < -0.39 is 48.0 Å². The van der Waals surface area contributed by atoms with Crippen LogP contribution in [0.3, 0.4) is 0 Å². The summed E-state index contributed by atoms with van der Waals surface area (Å²) in [6.07, 6.45) is -0.611. The number of aliphatic hydroxyl groups excluding tert-OH is 1. The van der Waals surface area contributed by atoms with Gasteiger partial charge in [0.05, 0.1) is 11.3 Å². The van der Waals surface area contributed by atoms with Crippen LogP contribution < -0.4 is 0 Å². The molecule has 0 aromatic rings. The summed E-state index contributed by atoms with van der Waals surface area (Å²) in [7, 11) is -5.44. The zero-order valence-corrected chi connectivity index (χ0v) is 25.7. The van der Waals surface area contributed by atoms with Gasteiger partial charge in [-0.3, -0.25) is 0 Å². The van der Waals surface area contributed by atoms with Gasteiger partial charge >= 0.3 is 5.97 Å². The van der Waals surface area contributed by atoms with Gasteiger partial charge in [0.1, 0.15) is 6.61 Å². The highest BCUT2D eigenvalue weighted by molar-refractivity contribution is 6.71. The van der Waals surface area contributed by atoms with Crippen LogP contribution in [-0.2, 0) is 22.8 Å². The Bertz CT molecular complexity index is 561. The van der Waals surface area contributed by atoms with Crippen LogP contribution in [-0.4, -0.2) is 70.0 Å². The van der Waals surface area contributed by atoms with Crippen molar-refractivity contribution in [3.05, 3.63) is 12.2 Å². The standard InChI is InChI=1S/C19H44O6Si4/c1-15(2)17(21)22-14-16(20)13-19(26,25-29(10,11)12)18(3,23-27(4,5)6)24-28(7,8)9/h16,20H,1,13-14H2,2-12,26H3. The number of rotatable bonds is 12. The minimum atomic E-state index is -2.01. The van der Waals surface area contributed by atoms with E-state index in [1.54, 1.807) is 6.92 Å². The lowest BCUT2D eigenvalue weighted by atomic mass is 10.0. The predicted octanol–water partition coefficient (Wildman–Crippen LogP) is 3.19. The Hall–Kier alpha value is -0.0825. The van der Waals surface area contributed by atoms with Crippen molar-refractivity contribution < 1.29 is 27.9 Å². The number of hydrogen-bond acceptors (Lipinski definition) is 6. The quantitative estimate of drug-likeness (QED) is 0.200.